The molecule has 0 aliphatic heterocycles. The molecule has 6 nitrogen and oxygen atoms in total. The van der Waals surface area contributed by atoms with Gasteiger partial charge in [0, 0.05) is 28.0 Å². The molecule has 0 aliphatic carbocycles. The third-order valence-electron chi connectivity index (χ3n) is 4.81. The predicted molar refractivity (Wildman–Crippen MR) is 126 cm³/mol. The Labute approximate surface area is 191 Å². The Kier molecular flexibility index (Phi) is 6.52. The molecule has 0 aliphatic rings. The maximum Gasteiger partial charge on any atom is 0.341 e. The summed E-state index contributed by atoms with van der Waals surface area (Å²) < 4.78 is 11.1. The van der Waals surface area contributed by atoms with Crippen LogP contribution in [-0.4, -0.2) is 22.5 Å². The van der Waals surface area contributed by atoms with Crippen molar-refractivity contribution < 1.29 is 14.3 Å². The summed E-state index contributed by atoms with van der Waals surface area (Å²) in [6, 6.07) is 18.8. The largest absolute Gasteiger partial charge is 0.489 e. The maximum atomic E-state index is 12.5. The summed E-state index contributed by atoms with van der Waals surface area (Å²) in [4.78, 5) is 21.3. The highest BCUT2D eigenvalue weighted by Crippen LogP contribution is 2.30. The first-order valence-electron chi connectivity index (χ1n) is 10.2. The number of rotatable bonds is 7. The fourth-order valence-corrected chi connectivity index (χ4v) is 3.32. The average molecular weight is 448 g/mol. The van der Waals surface area contributed by atoms with Crippen molar-refractivity contribution in [2.24, 2.45) is 0 Å². The maximum absolute atomic E-state index is 12.5. The summed E-state index contributed by atoms with van der Waals surface area (Å²) in [6.07, 6.45) is 1.50. The lowest BCUT2D eigenvalue weighted by atomic mass is 10.1. The number of pyridine rings is 2. The number of nitrogens with one attached hydrogen (secondary N) is 1. The number of fused-ring (bicyclic) bond motifs is 1. The fraction of sp³-hybridized carbons (Fsp3) is 0.160. The normalized spacial score (nSPS) is 10.7. The lowest BCUT2D eigenvalue weighted by Gasteiger charge is -2.14. The van der Waals surface area contributed by atoms with E-state index >= 15 is 0 Å². The summed E-state index contributed by atoms with van der Waals surface area (Å²) >= 11 is 5.92. The van der Waals surface area contributed by atoms with E-state index in [2.05, 4.69) is 15.3 Å². The number of hydrogen-bond donors (Lipinski definition) is 1. The molecule has 4 aromatic rings. The number of nitrogens with zero attached hydrogens (tertiary/aromatic N) is 2. The molecule has 0 bridgehead atoms. The van der Waals surface area contributed by atoms with Gasteiger partial charge in [0.1, 0.15) is 17.9 Å². The summed E-state index contributed by atoms with van der Waals surface area (Å²) in [6.45, 7) is 4.39. The number of aryl methyl sites for hydroxylation is 1. The van der Waals surface area contributed by atoms with Crippen molar-refractivity contribution >= 4 is 40.0 Å². The van der Waals surface area contributed by atoms with Gasteiger partial charge in [-0.3, -0.25) is 0 Å². The standard InChI is InChI=1S/C25H22ClN3O3/c1-3-31-25(30)22-14-27-24-21(13-4-16(2)28-24)23(22)29-19-9-11-20(12-10-19)32-15-17-5-7-18(26)8-6-17/h4-14H,3,15H2,1-2H3,(H,27,28,29). The average Bonchev–Trinajstić information content (AvgIpc) is 2.79. The molecule has 7 heteroatoms. The number of anilines is 2. The summed E-state index contributed by atoms with van der Waals surface area (Å²) in [5.74, 6) is 0.292. The van der Waals surface area contributed by atoms with Gasteiger partial charge in [-0.25, -0.2) is 14.8 Å². The molecule has 0 saturated heterocycles. The van der Waals surface area contributed by atoms with Crippen LogP contribution in [-0.2, 0) is 11.3 Å². The van der Waals surface area contributed by atoms with E-state index in [4.69, 9.17) is 21.1 Å². The van der Waals surface area contributed by atoms with Gasteiger partial charge in [-0.15, -0.1) is 0 Å². The van der Waals surface area contributed by atoms with E-state index in [-0.39, 0.29) is 6.61 Å². The van der Waals surface area contributed by atoms with E-state index in [0.717, 1.165) is 28.1 Å². The Morgan fingerprint density at radius 3 is 2.50 bits per heavy atom. The highest BCUT2D eigenvalue weighted by molar-refractivity contribution is 6.30. The summed E-state index contributed by atoms with van der Waals surface area (Å²) in [5, 5.41) is 4.77. The Bertz CT molecular complexity index is 1240. The van der Waals surface area contributed by atoms with Crippen molar-refractivity contribution in [1.82, 2.24) is 9.97 Å². The molecule has 0 fully saturated rings. The zero-order valence-electron chi connectivity index (χ0n) is 17.8. The third-order valence-corrected chi connectivity index (χ3v) is 5.06. The van der Waals surface area contributed by atoms with Gasteiger partial charge < -0.3 is 14.8 Å². The number of benzene rings is 2. The van der Waals surface area contributed by atoms with Crippen LogP contribution in [0.1, 0.15) is 28.5 Å². The van der Waals surface area contributed by atoms with Gasteiger partial charge in [0.25, 0.3) is 0 Å². The molecule has 32 heavy (non-hydrogen) atoms. The zero-order chi connectivity index (χ0) is 22.5. The molecule has 0 spiro atoms. The lowest BCUT2D eigenvalue weighted by Crippen LogP contribution is -2.09. The summed E-state index contributed by atoms with van der Waals surface area (Å²) in [5.41, 5.74) is 4.19. The van der Waals surface area contributed by atoms with Crippen LogP contribution in [0.5, 0.6) is 5.75 Å². The van der Waals surface area contributed by atoms with Crippen LogP contribution in [0.3, 0.4) is 0 Å². The molecule has 0 unspecified atom stereocenters. The second-order valence-electron chi connectivity index (χ2n) is 7.16. The number of halogens is 1. The Morgan fingerprint density at radius 2 is 1.78 bits per heavy atom. The lowest BCUT2D eigenvalue weighted by molar-refractivity contribution is 0.0527. The molecule has 2 heterocycles. The van der Waals surface area contributed by atoms with Crippen molar-refractivity contribution in [2.75, 3.05) is 11.9 Å². The van der Waals surface area contributed by atoms with Gasteiger partial charge in [0.05, 0.1) is 12.3 Å². The van der Waals surface area contributed by atoms with E-state index < -0.39 is 5.97 Å². The van der Waals surface area contributed by atoms with Crippen molar-refractivity contribution in [2.45, 2.75) is 20.5 Å². The van der Waals surface area contributed by atoms with Crippen molar-refractivity contribution in [3.63, 3.8) is 0 Å². The molecule has 0 atom stereocenters. The quantitative estimate of drug-likeness (QED) is 0.345. The van der Waals surface area contributed by atoms with Crippen molar-refractivity contribution in [3.05, 3.63) is 88.7 Å². The molecule has 0 amide bonds. The molecular weight excluding hydrogens is 426 g/mol. The second kappa shape index (κ2) is 9.66. The SMILES string of the molecule is CCOC(=O)c1cnc2nc(C)ccc2c1Nc1ccc(OCc2ccc(Cl)cc2)cc1. The summed E-state index contributed by atoms with van der Waals surface area (Å²) in [7, 11) is 0. The molecule has 162 valence electrons. The van der Waals surface area contributed by atoms with Crippen LogP contribution < -0.4 is 10.1 Å². The molecule has 2 aromatic carbocycles. The van der Waals surface area contributed by atoms with Crippen molar-refractivity contribution in [1.29, 1.82) is 0 Å². The Morgan fingerprint density at radius 1 is 1.03 bits per heavy atom. The number of carbonyl (C=O) groups excluding carboxylic acids is 1. The van der Waals surface area contributed by atoms with Gasteiger partial charge >= 0.3 is 5.97 Å². The number of ether oxygens (including phenoxy) is 2. The molecular formula is C25H22ClN3O3. The first-order chi connectivity index (χ1) is 15.5. The number of aromatic nitrogens is 2. The number of esters is 1. The van der Waals surface area contributed by atoms with E-state index in [0.29, 0.717) is 28.5 Å². The molecule has 1 N–H and O–H groups in total. The highest BCUT2D eigenvalue weighted by Gasteiger charge is 2.17. The minimum atomic E-state index is -0.437. The minimum absolute atomic E-state index is 0.280. The molecule has 4 rings (SSSR count). The number of carbonyl (C=O) groups is 1. The molecule has 2 aromatic heterocycles. The smallest absolute Gasteiger partial charge is 0.341 e. The van der Waals surface area contributed by atoms with Gasteiger partial charge in [-0.1, -0.05) is 23.7 Å². The Balaban J connectivity index is 1.57. The molecule has 0 radical (unpaired) electrons. The van der Waals surface area contributed by atoms with Crippen LogP contribution in [0.15, 0.2) is 66.9 Å². The Hall–Kier alpha value is -3.64. The van der Waals surface area contributed by atoms with Gasteiger partial charge in [0.15, 0.2) is 5.65 Å². The first kappa shape index (κ1) is 21.6. The third kappa shape index (κ3) is 4.98. The first-order valence-corrected chi connectivity index (χ1v) is 10.6. The fourth-order valence-electron chi connectivity index (χ4n) is 3.20. The van der Waals surface area contributed by atoms with E-state index in [1.54, 1.807) is 6.92 Å². The van der Waals surface area contributed by atoms with Gasteiger partial charge in [-0.2, -0.15) is 0 Å². The van der Waals surface area contributed by atoms with Crippen LogP contribution in [0, 0.1) is 6.92 Å². The van der Waals surface area contributed by atoms with E-state index in [1.807, 2.05) is 67.6 Å². The molecule has 0 saturated carbocycles. The van der Waals surface area contributed by atoms with Crippen LogP contribution in [0.2, 0.25) is 5.02 Å². The van der Waals surface area contributed by atoms with E-state index in [1.165, 1.54) is 6.20 Å². The van der Waals surface area contributed by atoms with Crippen molar-refractivity contribution in [3.8, 4) is 5.75 Å². The zero-order valence-corrected chi connectivity index (χ0v) is 18.5. The van der Waals surface area contributed by atoms with Crippen LogP contribution in [0.25, 0.3) is 11.0 Å². The van der Waals surface area contributed by atoms with Crippen LogP contribution >= 0.6 is 11.6 Å². The highest BCUT2D eigenvalue weighted by atomic mass is 35.5. The van der Waals surface area contributed by atoms with E-state index in [9.17, 15) is 4.79 Å². The van der Waals surface area contributed by atoms with Crippen LogP contribution in [0.4, 0.5) is 11.4 Å². The predicted octanol–water partition coefficient (Wildman–Crippen LogP) is 6.09. The topological polar surface area (TPSA) is 73.3 Å². The second-order valence-corrected chi connectivity index (χ2v) is 7.59. The van der Waals surface area contributed by atoms with Gasteiger partial charge in [0.2, 0.25) is 0 Å². The minimum Gasteiger partial charge on any atom is -0.489 e. The van der Waals surface area contributed by atoms with Gasteiger partial charge in [-0.05, 0) is 67.9 Å². The number of hydrogen-bond acceptors (Lipinski definition) is 6. The monoisotopic (exact) mass is 447 g/mol.